The number of carboxylic acid groups (broad SMARTS) is 1. The highest BCUT2D eigenvalue weighted by atomic mass is 32.1. The van der Waals surface area contributed by atoms with Crippen LogP contribution in [0.5, 0.6) is 0 Å². The fourth-order valence-corrected chi connectivity index (χ4v) is 3.12. The Bertz CT molecular complexity index is 857. The Labute approximate surface area is 118 Å². The fraction of sp³-hybridized carbons (Fsp3) is 0.143. The summed E-state index contributed by atoms with van der Waals surface area (Å²) < 4.78 is 1.57. The standard InChI is InChI=1S/C14H12N2O3S/c1-8-5-6-20-11(8)7-16-10-4-2-3-9(13(17)18)12(10)15-14(16)19/h2-6H,7H2,1H3,(H,15,19)(H,17,18). The lowest BCUT2D eigenvalue weighted by atomic mass is 10.2. The lowest BCUT2D eigenvalue weighted by molar-refractivity contribution is 0.0699. The maximum atomic E-state index is 12.1. The van der Waals surface area contributed by atoms with Crippen molar-refractivity contribution in [1.29, 1.82) is 0 Å². The first kappa shape index (κ1) is 12.7. The Morgan fingerprint density at radius 2 is 2.20 bits per heavy atom. The molecule has 3 rings (SSSR count). The van der Waals surface area contributed by atoms with Crippen LogP contribution in [-0.2, 0) is 6.54 Å². The molecule has 0 aliphatic rings. The second kappa shape index (κ2) is 4.64. The van der Waals surface area contributed by atoms with Crippen molar-refractivity contribution in [3.05, 3.63) is 56.1 Å². The number of imidazole rings is 1. The molecule has 6 heteroatoms. The van der Waals surface area contributed by atoms with Crippen molar-refractivity contribution >= 4 is 28.3 Å². The van der Waals surface area contributed by atoms with Crippen molar-refractivity contribution in [2.45, 2.75) is 13.5 Å². The van der Waals surface area contributed by atoms with E-state index in [-0.39, 0.29) is 11.3 Å². The molecule has 0 saturated heterocycles. The van der Waals surface area contributed by atoms with Gasteiger partial charge in [0, 0.05) is 4.88 Å². The summed E-state index contributed by atoms with van der Waals surface area (Å²) in [6.07, 6.45) is 0. The summed E-state index contributed by atoms with van der Waals surface area (Å²) in [6, 6.07) is 6.89. The van der Waals surface area contributed by atoms with Crippen molar-refractivity contribution < 1.29 is 9.90 Å². The van der Waals surface area contributed by atoms with Gasteiger partial charge >= 0.3 is 11.7 Å². The van der Waals surface area contributed by atoms with Gasteiger partial charge in [0.05, 0.1) is 23.1 Å². The molecule has 0 bridgehead atoms. The van der Waals surface area contributed by atoms with E-state index in [4.69, 9.17) is 5.11 Å². The zero-order valence-corrected chi connectivity index (χ0v) is 11.5. The van der Waals surface area contributed by atoms with Gasteiger partial charge in [-0.1, -0.05) is 6.07 Å². The molecular weight excluding hydrogens is 276 g/mol. The highest BCUT2D eigenvalue weighted by molar-refractivity contribution is 7.10. The van der Waals surface area contributed by atoms with Crippen molar-refractivity contribution in [2.24, 2.45) is 0 Å². The molecule has 2 N–H and O–H groups in total. The van der Waals surface area contributed by atoms with Crippen LogP contribution >= 0.6 is 11.3 Å². The van der Waals surface area contributed by atoms with Crippen LogP contribution in [0, 0.1) is 6.92 Å². The van der Waals surface area contributed by atoms with Gasteiger partial charge < -0.3 is 10.1 Å². The maximum absolute atomic E-state index is 12.1. The molecule has 0 radical (unpaired) electrons. The van der Waals surface area contributed by atoms with Crippen LogP contribution in [0.4, 0.5) is 0 Å². The molecule has 0 aliphatic carbocycles. The van der Waals surface area contributed by atoms with Gasteiger partial charge in [-0.15, -0.1) is 11.3 Å². The van der Waals surface area contributed by atoms with Gasteiger partial charge in [0.25, 0.3) is 0 Å². The second-order valence-corrected chi connectivity index (χ2v) is 5.55. The summed E-state index contributed by atoms with van der Waals surface area (Å²) in [5.41, 5.74) is 1.94. The third-order valence-corrected chi connectivity index (χ3v) is 4.32. The molecular formula is C14H12N2O3S. The Hall–Kier alpha value is -2.34. The van der Waals surface area contributed by atoms with E-state index in [0.29, 0.717) is 17.6 Å². The number of aromatic nitrogens is 2. The minimum Gasteiger partial charge on any atom is -0.478 e. The number of thiophene rings is 1. The SMILES string of the molecule is Cc1ccsc1Cn1c(=O)[nH]c2c(C(=O)O)cccc21. The summed E-state index contributed by atoms with van der Waals surface area (Å²) in [5.74, 6) is -1.05. The zero-order valence-electron chi connectivity index (χ0n) is 10.7. The molecule has 20 heavy (non-hydrogen) atoms. The van der Waals surface area contributed by atoms with Crippen LogP contribution in [0.2, 0.25) is 0 Å². The molecule has 0 amide bonds. The number of H-pyrrole nitrogens is 1. The second-order valence-electron chi connectivity index (χ2n) is 4.55. The van der Waals surface area contributed by atoms with Crippen molar-refractivity contribution in [2.75, 3.05) is 0 Å². The smallest absolute Gasteiger partial charge is 0.337 e. The van der Waals surface area contributed by atoms with Crippen LogP contribution in [0.3, 0.4) is 0 Å². The number of fused-ring (bicyclic) bond motifs is 1. The van der Waals surface area contributed by atoms with Gasteiger partial charge in [0.1, 0.15) is 0 Å². The van der Waals surface area contributed by atoms with E-state index in [1.54, 1.807) is 28.0 Å². The summed E-state index contributed by atoms with van der Waals surface area (Å²) in [6.45, 7) is 2.44. The van der Waals surface area contributed by atoms with Gasteiger partial charge in [-0.05, 0) is 36.1 Å². The lowest BCUT2D eigenvalue weighted by Gasteiger charge is -2.03. The first-order chi connectivity index (χ1) is 9.58. The molecule has 0 aliphatic heterocycles. The summed E-state index contributed by atoms with van der Waals surface area (Å²) in [4.78, 5) is 27.0. The topological polar surface area (TPSA) is 75.1 Å². The molecule has 1 aromatic carbocycles. The van der Waals surface area contributed by atoms with E-state index in [9.17, 15) is 9.59 Å². The number of benzene rings is 1. The number of hydrogen-bond donors (Lipinski definition) is 2. The Morgan fingerprint density at radius 3 is 2.85 bits per heavy atom. The van der Waals surface area contributed by atoms with E-state index >= 15 is 0 Å². The number of aromatic amines is 1. The van der Waals surface area contributed by atoms with Crippen molar-refractivity contribution in [3.63, 3.8) is 0 Å². The molecule has 3 aromatic rings. The molecule has 2 aromatic heterocycles. The number of hydrogen-bond acceptors (Lipinski definition) is 3. The third-order valence-electron chi connectivity index (χ3n) is 3.31. The Kier molecular flexibility index (Phi) is 2.94. The largest absolute Gasteiger partial charge is 0.478 e. The Balaban J connectivity index is 2.19. The van der Waals surface area contributed by atoms with Crippen molar-refractivity contribution in [1.82, 2.24) is 9.55 Å². The lowest BCUT2D eigenvalue weighted by Crippen LogP contribution is -2.17. The average Bonchev–Trinajstić information content (AvgIpc) is 2.94. The fourth-order valence-electron chi connectivity index (χ4n) is 2.23. The van der Waals surface area contributed by atoms with Gasteiger partial charge in [-0.2, -0.15) is 0 Å². The van der Waals surface area contributed by atoms with Crippen LogP contribution in [0.1, 0.15) is 20.8 Å². The number of carboxylic acids is 1. The highest BCUT2D eigenvalue weighted by Gasteiger charge is 2.15. The van der Waals surface area contributed by atoms with Gasteiger partial charge in [0.2, 0.25) is 0 Å². The van der Waals surface area contributed by atoms with E-state index in [1.165, 1.54) is 6.07 Å². The molecule has 102 valence electrons. The minimum absolute atomic E-state index is 0.112. The maximum Gasteiger partial charge on any atom is 0.337 e. The predicted octanol–water partition coefficient (Wildman–Crippen LogP) is 2.45. The number of nitrogens with one attached hydrogen (secondary N) is 1. The first-order valence-corrected chi connectivity index (χ1v) is 6.93. The number of para-hydroxylation sites is 1. The molecule has 0 unspecified atom stereocenters. The summed E-state index contributed by atoms with van der Waals surface area (Å²) >= 11 is 1.59. The number of nitrogens with zero attached hydrogens (tertiary/aromatic N) is 1. The molecule has 5 nitrogen and oxygen atoms in total. The number of carbonyl (C=O) groups is 1. The van der Waals surface area contributed by atoms with Gasteiger partial charge in [-0.25, -0.2) is 9.59 Å². The van der Waals surface area contributed by atoms with E-state index in [0.717, 1.165) is 10.4 Å². The first-order valence-electron chi connectivity index (χ1n) is 6.05. The highest BCUT2D eigenvalue weighted by Crippen LogP contribution is 2.20. The molecule has 2 heterocycles. The quantitative estimate of drug-likeness (QED) is 0.777. The molecule has 0 fully saturated rings. The molecule has 0 atom stereocenters. The Morgan fingerprint density at radius 1 is 1.40 bits per heavy atom. The molecule has 0 spiro atoms. The van der Waals surface area contributed by atoms with Crippen LogP contribution < -0.4 is 5.69 Å². The molecule has 0 saturated carbocycles. The van der Waals surface area contributed by atoms with Crippen LogP contribution in [0.15, 0.2) is 34.4 Å². The summed E-state index contributed by atoms with van der Waals surface area (Å²) in [5, 5.41) is 11.1. The van der Waals surface area contributed by atoms with Crippen molar-refractivity contribution in [3.8, 4) is 0 Å². The zero-order chi connectivity index (χ0) is 14.3. The van der Waals surface area contributed by atoms with E-state index in [2.05, 4.69) is 4.98 Å². The number of aryl methyl sites for hydroxylation is 1. The normalized spacial score (nSPS) is 11.1. The predicted molar refractivity (Wildman–Crippen MR) is 77.7 cm³/mol. The third kappa shape index (κ3) is 1.94. The van der Waals surface area contributed by atoms with E-state index in [1.807, 2.05) is 18.4 Å². The van der Waals surface area contributed by atoms with E-state index < -0.39 is 5.97 Å². The summed E-state index contributed by atoms with van der Waals surface area (Å²) in [7, 11) is 0. The average molecular weight is 288 g/mol. The van der Waals surface area contributed by atoms with Crippen LogP contribution in [-0.4, -0.2) is 20.6 Å². The monoisotopic (exact) mass is 288 g/mol. The van der Waals surface area contributed by atoms with Crippen LogP contribution in [0.25, 0.3) is 11.0 Å². The van der Waals surface area contributed by atoms with Gasteiger partial charge in [-0.3, -0.25) is 4.57 Å². The minimum atomic E-state index is -1.05. The number of aromatic carboxylic acids is 1. The van der Waals surface area contributed by atoms with Gasteiger partial charge in [0.15, 0.2) is 0 Å². The number of rotatable bonds is 3.